The van der Waals surface area contributed by atoms with Crippen molar-refractivity contribution in [3.8, 4) is 0 Å². The molecule has 0 aliphatic carbocycles. The molecular formula is C18H13ClN2O. The van der Waals surface area contributed by atoms with E-state index >= 15 is 0 Å². The van der Waals surface area contributed by atoms with Gasteiger partial charge in [-0.3, -0.25) is 4.79 Å². The first-order valence-electron chi connectivity index (χ1n) is 6.81. The predicted octanol–water partition coefficient (Wildman–Crippen LogP) is 4.40. The molecule has 1 aromatic heterocycles. The molecule has 0 spiro atoms. The maximum Gasteiger partial charge on any atom is 0.278 e. The Kier molecular flexibility index (Phi) is 4.17. The SMILES string of the molecule is O=C(c1cccc(Cl)c1)n1ccc(/C=C/c2ccccc2)n1. The van der Waals surface area contributed by atoms with Crippen LogP contribution in [0.5, 0.6) is 0 Å². The van der Waals surface area contributed by atoms with Crippen molar-refractivity contribution in [1.29, 1.82) is 0 Å². The summed E-state index contributed by atoms with van der Waals surface area (Å²) in [6.07, 6.45) is 5.47. The fourth-order valence-corrected chi connectivity index (χ4v) is 2.23. The van der Waals surface area contributed by atoms with Gasteiger partial charge in [0.1, 0.15) is 0 Å². The number of hydrogen-bond donors (Lipinski definition) is 0. The molecule has 0 aliphatic rings. The third-order valence-electron chi connectivity index (χ3n) is 3.14. The highest BCUT2D eigenvalue weighted by molar-refractivity contribution is 6.30. The lowest BCUT2D eigenvalue weighted by Crippen LogP contribution is -2.12. The fraction of sp³-hybridized carbons (Fsp3) is 0. The number of benzene rings is 2. The monoisotopic (exact) mass is 308 g/mol. The first-order chi connectivity index (χ1) is 10.7. The zero-order chi connectivity index (χ0) is 15.4. The molecule has 0 radical (unpaired) electrons. The molecule has 0 atom stereocenters. The number of carbonyl (C=O) groups excluding carboxylic acids is 1. The second-order valence-corrected chi connectivity index (χ2v) is 5.18. The lowest BCUT2D eigenvalue weighted by Gasteiger charge is -2.00. The molecule has 2 aromatic carbocycles. The van der Waals surface area contributed by atoms with Crippen LogP contribution in [0.4, 0.5) is 0 Å². The average molecular weight is 309 g/mol. The van der Waals surface area contributed by atoms with E-state index in [9.17, 15) is 4.79 Å². The van der Waals surface area contributed by atoms with Crippen molar-refractivity contribution in [3.63, 3.8) is 0 Å². The molecule has 0 aliphatic heterocycles. The minimum absolute atomic E-state index is 0.207. The van der Waals surface area contributed by atoms with Gasteiger partial charge in [-0.15, -0.1) is 0 Å². The minimum atomic E-state index is -0.207. The quantitative estimate of drug-likeness (QED) is 0.719. The number of nitrogens with zero attached hydrogens (tertiary/aromatic N) is 2. The van der Waals surface area contributed by atoms with Gasteiger partial charge in [0.25, 0.3) is 5.91 Å². The van der Waals surface area contributed by atoms with Crippen LogP contribution in [-0.4, -0.2) is 15.7 Å². The molecule has 22 heavy (non-hydrogen) atoms. The van der Waals surface area contributed by atoms with Gasteiger partial charge in [0.15, 0.2) is 0 Å². The van der Waals surface area contributed by atoms with Gasteiger partial charge in [0.2, 0.25) is 0 Å². The first-order valence-corrected chi connectivity index (χ1v) is 7.19. The van der Waals surface area contributed by atoms with Gasteiger partial charge in [0.05, 0.1) is 5.69 Å². The van der Waals surface area contributed by atoms with E-state index in [1.54, 1.807) is 36.5 Å². The molecule has 0 saturated heterocycles. The van der Waals surface area contributed by atoms with Crippen molar-refractivity contribution in [1.82, 2.24) is 9.78 Å². The van der Waals surface area contributed by atoms with Gasteiger partial charge in [-0.05, 0) is 35.9 Å². The second-order valence-electron chi connectivity index (χ2n) is 4.74. The number of hydrogen-bond acceptors (Lipinski definition) is 2. The topological polar surface area (TPSA) is 34.9 Å². The largest absolute Gasteiger partial charge is 0.278 e. The fourth-order valence-electron chi connectivity index (χ4n) is 2.04. The summed E-state index contributed by atoms with van der Waals surface area (Å²) in [5.74, 6) is -0.207. The number of rotatable bonds is 3. The van der Waals surface area contributed by atoms with Crippen LogP contribution in [0, 0.1) is 0 Å². The van der Waals surface area contributed by atoms with Crippen LogP contribution in [0.2, 0.25) is 5.02 Å². The molecule has 3 nitrogen and oxygen atoms in total. The third-order valence-corrected chi connectivity index (χ3v) is 3.37. The van der Waals surface area contributed by atoms with Crippen LogP contribution in [0.1, 0.15) is 21.6 Å². The van der Waals surface area contributed by atoms with Crippen LogP contribution < -0.4 is 0 Å². The van der Waals surface area contributed by atoms with Gasteiger partial charge in [0, 0.05) is 16.8 Å². The van der Waals surface area contributed by atoms with Gasteiger partial charge in [-0.25, -0.2) is 4.68 Å². The Balaban J connectivity index is 1.79. The van der Waals surface area contributed by atoms with Gasteiger partial charge < -0.3 is 0 Å². The summed E-state index contributed by atoms with van der Waals surface area (Å²) in [5, 5.41) is 4.80. The molecule has 0 unspecified atom stereocenters. The van der Waals surface area contributed by atoms with Crippen molar-refractivity contribution in [2.45, 2.75) is 0 Å². The van der Waals surface area contributed by atoms with E-state index in [0.29, 0.717) is 10.6 Å². The molecule has 3 rings (SSSR count). The minimum Gasteiger partial charge on any atom is -0.267 e. The molecule has 0 fully saturated rings. The average Bonchev–Trinajstić information content (AvgIpc) is 3.02. The normalized spacial score (nSPS) is 11.0. The van der Waals surface area contributed by atoms with Crippen molar-refractivity contribution < 1.29 is 4.79 Å². The van der Waals surface area contributed by atoms with E-state index in [1.165, 1.54) is 4.68 Å². The Bertz CT molecular complexity index is 822. The molecule has 0 saturated carbocycles. The number of carbonyl (C=O) groups is 1. The van der Waals surface area contributed by atoms with Gasteiger partial charge in [-0.2, -0.15) is 5.10 Å². The Hall–Kier alpha value is -2.65. The molecule has 0 bridgehead atoms. The maximum atomic E-state index is 12.3. The van der Waals surface area contributed by atoms with Crippen molar-refractivity contribution in [2.75, 3.05) is 0 Å². The number of halogens is 1. The summed E-state index contributed by atoms with van der Waals surface area (Å²) in [4.78, 5) is 12.3. The van der Waals surface area contributed by atoms with Gasteiger partial charge in [-0.1, -0.05) is 54.1 Å². The Morgan fingerprint density at radius 3 is 2.59 bits per heavy atom. The van der Waals surface area contributed by atoms with E-state index in [1.807, 2.05) is 42.5 Å². The highest BCUT2D eigenvalue weighted by Gasteiger charge is 2.09. The second kappa shape index (κ2) is 6.41. The maximum absolute atomic E-state index is 12.3. The van der Waals surface area contributed by atoms with Crippen molar-refractivity contribution >= 4 is 29.7 Å². The highest BCUT2D eigenvalue weighted by Crippen LogP contribution is 2.12. The molecule has 108 valence electrons. The Labute approximate surface area is 133 Å². The van der Waals surface area contributed by atoms with Gasteiger partial charge >= 0.3 is 0 Å². The summed E-state index contributed by atoms with van der Waals surface area (Å²) in [6.45, 7) is 0. The summed E-state index contributed by atoms with van der Waals surface area (Å²) >= 11 is 5.91. The first kappa shape index (κ1) is 14.3. The summed E-state index contributed by atoms with van der Waals surface area (Å²) in [6, 6.07) is 18.5. The van der Waals surface area contributed by atoms with Crippen molar-refractivity contribution in [3.05, 3.63) is 88.7 Å². The number of aromatic nitrogens is 2. The zero-order valence-electron chi connectivity index (χ0n) is 11.7. The van der Waals surface area contributed by atoms with E-state index in [0.717, 1.165) is 11.3 Å². The smallest absolute Gasteiger partial charge is 0.267 e. The van der Waals surface area contributed by atoms with E-state index in [4.69, 9.17) is 11.6 Å². The molecular weight excluding hydrogens is 296 g/mol. The highest BCUT2D eigenvalue weighted by atomic mass is 35.5. The summed E-state index contributed by atoms with van der Waals surface area (Å²) < 4.78 is 1.32. The molecule has 4 heteroatoms. The van der Waals surface area contributed by atoms with E-state index in [-0.39, 0.29) is 5.91 Å². The van der Waals surface area contributed by atoms with Crippen LogP contribution in [0.3, 0.4) is 0 Å². The lowest BCUT2D eigenvalue weighted by atomic mass is 10.2. The van der Waals surface area contributed by atoms with Crippen LogP contribution >= 0.6 is 11.6 Å². The van der Waals surface area contributed by atoms with Crippen LogP contribution in [0.25, 0.3) is 12.2 Å². The molecule has 1 heterocycles. The van der Waals surface area contributed by atoms with Crippen LogP contribution in [0.15, 0.2) is 66.9 Å². The zero-order valence-corrected chi connectivity index (χ0v) is 12.4. The molecule has 0 N–H and O–H groups in total. The lowest BCUT2D eigenvalue weighted by molar-refractivity contribution is 0.0945. The van der Waals surface area contributed by atoms with Crippen LogP contribution in [-0.2, 0) is 0 Å². The van der Waals surface area contributed by atoms with E-state index in [2.05, 4.69) is 5.10 Å². The van der Waals surface area contributed by atoms with E-state index < -0.39 is 0 Å². The summed E-state index contributed by atoms with van der Waals surface area (Å²) in [7, 11) is 0. The van der Waals surface area contributed by atoms with Crippen molar-refractivity contribution in [2.24, 2.45) is 0 Å². The third kappa shape index (κ3) is 3.32. The Morgan fingerprint density at radius 2 is 1.82 bits per heavy atom. The molecule has 0 amide bonds. The summed E-state index contributed by atoms with van der Waals surface area (Å²) in [5.41, 5.74) is 2.31. The standard InChI is InChI=1S/C18H13ClN2O/c19-16-8-4-7-15(13-16)18(22)21-12-11-17(20-21)10-9-14-5-2-1-3-6-14/h1-13H/b10-9+. The Morgan fingerprint density at radius 1 is 1.00 bits per heavy atom. The molecule has 3 aromatic rings. The predicted molar refractivity (Wildman–Crippen MR) is 88.8 cm³/mol.